The van der Waals surface area contributed by atoms with E-state index in [1.807, 2.05) is 0 Å². The van der Waals surface area contributed by atoms with Crippen molar-refractivity contribution in [1.29, 1.82) is 0 Å². The summed E-state index contributed by atoms with van der Waals surface area (Å²) in [7, 11) is -4.95. The van der Waals surface area contributed by atoms with Gasteiger partial charge in [0.05, 0.1) is 21.2 Å². The molecule has 0 saturated carbocycles. The summed E-state index contributed by atoms with van der Waals surface area (Å²) in [4.78, 5) is 35.4. The van der Waals surface area contributed by atoms with Gasteiger partial charge in [-0.05, 0) is 38.5 Å². The minimum atomic E-state index is -4.95. The molecule has 4 N–H and O–H groups in total. The van der Waals surface area contributed by atoms with Gasteiger partial charge in [0, 0.05) is 12.8 Å². The summed E-state index contributed by atoms with van der Waals surface area (Å²) in [5, 5.41) is 28.2. The lowest BCUT2D eigenvalue weighted by Crippen LogP contribution is -2.35. The maximum absolute atomic E-state index is 12.7. The molecule has 0 aromatic rings. The van der Waals surface area contributed by atoms with Crippen molar-refractivity contribution in [1.82, 2.24) is 0 Å². The van der Waals surface area contributed by atoms with Gasteiger partial charge in [0.15, 0.2) is 6.10 Å². The fourth-order valence-electron chi connectivity index (χ4n) is 5.88. The van der Waals surface area contributed by atoms with Crippen LogP contribution in [0.1, 0.15) is 195 Å². The molecule has 5 atom stereocenters. The highest BCUT2D eigenvalue weighted by molar-refractivity contribution is 7.47. The number of aliphatic hydroxyl groups excluding tert-OH is 3. The molecule has 0 spiro atoms. The molecule has 0 aliphatic heterocycles. The van der Waals surface area contributed by atoms with Crippen molar-refractivity contribution in [2.45, 2.75) is 212 Å². The summed E-state index contributed by atoms with van der Waals surface area (Å²) < 4.78 is 41.1. The van der Waals surface area contributed by atoms with Crippen LogP contribution in [0.5, 0.6) is 0 Å². The number of allylic oxidation sites excluding steroid dienone is 2. The maximum atomic E-state index is 12.7. The van der Waals surface area contributed by atoms with Crippen LogP contribution in [0.3, 0.4) is 0 Å². The van der Waals surface area contributed by atoms with E-state index in [1.54, 1.807) is 0 Å². The molecule has 0 rings (SSSR count). The number of hydrogen-bond acceptors (Lipinski definition) is 10. The Kier molecular flexibility index (Phi) is 35.2. The average molecular weight is 780 g/mol. The van der Waals surface area contributed by atoms with E-state index in [0.717, 1.165) is 38.5 Å². The third kappa shape index (κ3) is 34.9. The molecule has 11 nitrogen and oxygen atoms in total. The quantitative estimate of drug-likeness (QED) is 0.0202. The molecule has 0 heterocycles. The topological polar surface area (TPSA) is 169 Å². The standard InChI is InChI=1S/C41H79O11P/c1-3-5-7-9-11-13-15-17-18-20-21-23-25-27-29-31-40(45)49-35-37(36-50-53(47,48)52-39(34-43)38(44)33-42)51-41(46)32-30-28-26-24-22-19-16-14-12-10-8-6-4-2/h22,24,37-39,42-44H,3-21,23,25-36H2,1-2H3,(H,47,48)/b24-22-/t37-,38-,39-/m1/s1/i35D/t35?,37-,38-,39-. The maximum Gasteiger partial charge on any atom is 0.472 e. The number of phosphoric ester groups is 1. The van der Waals surface area contributed by atoms with Crippen molar-refractivity contribution in [2.75, 3.05) is 26.4 Å². The lowest BCUT2D eigenvalue weighted by Gasteiger charge is -2.24. The monoisotopic (exact) mass is 780 g/mol. The number of aliphatic hydroxyl groups is 3. The van der Waals surface area contributed by atoms with E-state index >= 15 is 0 Å². The van der Waals surface area contributed by atoms with E-state index in [0.29, 0.717) is 12.8 Å². The summed E-state index contributed by atoms with van der Waals surface area (Å²) in [6, 6.07) is 0. The predicted molar refractivity (Wildman–Crippen MR) is 211 cm³/mol. The van der Waals surface area contributed by atoms with Crippen molar-refractivity contribution < 1.29 is 54.3 Å². The van der Waals surface area contributed by atoms with E-state index in [1.165, 1.54) is 116 Å². The number of carbonyl (C=O) groups is 2. The summed E-state index contributed by atoms with van der Waals surface area (Å²) in [5.74, 6) is -1.33. The Balaban J connectivity index is 4.63. The number of carbonyl (C=O) groups excluding carboxylic acids is 2. The zero-order valence-corrected chi connectivity index (χ0v) is 34.4. The van der Waals surface area contributed by atoms with Crippen molar-refractivity contribution in [3.63, 3.8) is 0 Å². The molecule has 12 heteroatoms. The summed E-state index contributed by atoms with van der Waals surface area (Å²) in [6.07, 6.45) is 29.4. The molecule has 2 unspecified atom stereocenters. The van der Waals surface area contributed by atoms with Crippen LogP contribution in [0.4, 0.5) is 0 Å². The van der Waals surface area contributed by atoms with Crippen LogP contribution in [-0.2, 0) is 32.7 Å². The number of rotatable bonds is 40. The van der Waals surface area contributed by atoms with Gasteiger partial charge < -0.3 is 29.7 Å². The Bertz CT molecular complexity index is 954. The second kappa shape index (κ2) is 37.6. The Morgan fingerprint density at radius 2 is 1.06 bits per heavy atom. The molecule has 0 bridgehead atoms. The third-order valence-corrected chi connectivity index (χ3v) is 10.2. The van der Waals surface area contributed by atoms with Crippen molar-refractivity contribution in [3.8, 4) is 0 Å². The first kappa shape index (κ1) is 49.7. The van der Waals surface area contributed by atoms with Gasteiger partial charge in [-0.3, -0.25) is 18.6 Å². The molecule has 0 aromatic heterocycles. The Hall–Kier alpha value is -1.33. The van der Waals surface area contributed by atoms with Gasteiger partial charge in [-0.1, -0.05) is 154 Å². The number of hydrogen-bond donors (Lipinski definition) is 4. The highest BCUT2D eigenvalue weighted by Crippen LogP contribution is 2.45. The number of ether oxygens (including phenoxy) is 2. The predicted octanol–water partition coefficient (Wildman–Crippen LogP) is 9.81. The largest absolute Gasteiger partial charge is 0.472 e. The zero-order valence-electron chi connectivity index (χ0n) is 34.5. The van der Waals surface area contributed by atoms with E-state index < -0.39 is 64.5 Å². The van der Waals surface area contributed by atoms with Gasteiger partial charge in [0.25, 0.3) is 0 Å². The summed E-state index contributed by atoms with van der Waals surface area (Å²) >= 11 is 0. The molecule has 0 radical (unpaired) electrons. The molecule has 0 saturated heterocycles. The highest BCUT2D eigenvalue weighted by Gasteiger charge is 2.32. The molecular weight excluding hydrogens is 699 g/mol. The van der Waals surface area contributed by atoms with Crippen LogP contribution in [0.25, 0.3) is 0 Å². The van der Waals surface area contributed by atoms with Gasteiger partial charge in [0.2, 0.25) is 0 Å². The van der Waals surface area contributed by atoms with Crippen LogP contribution in [0.15, 0.2) is 12.2 Å². The van der Waals surface area contributed by atoms with Crippen LogP contribution >= 0.6 is 7.82 Å². The summed E-state index contributed by atoms with van der Waals surface area (Å²) in [6.45, 7) is 0.169. The Labute approximate surface area is 324 Å². The van der Waals surface area contributed by atoms with Gasteiger partial charge >= 0.3 is 19.8 Å². The minimum absolute atomic E-state index is 0.0322. The highest BCUT2D eigenvalue weighted by atomic mass is 31.2. The summed E-state index contributed by atoms with van der Waals surface area (Å²) in [5.41, 5.74) is 0. The number of esters is 2. The van der Waals surface area contributed by atoms with E-state index in [9.17, 15) is 29.3 Å². The fourth-order valence-corrected chi connectivity index (χ4v) is 6.82. The molecule has 314 valence electrons. The lowest BCUT2D eigenvalue weighted by molar-refractivity contribution is -0.161. The van der Waals surface area contributed by atoms with Crippen LogP contribution in [-0.4, -0.2) is 76.9 Å². The molecule has 0 fully saturated rings. The van der Waals surface area contributed by atoms with E-state index in [2.05, 4.69) is 26.0 Å². The van der Waals surface area contributed by atoms with Crippen molar-refractivity contribution >= 4 is 19.8 Å². The molecule has 53 heavy (non-hydrogen) atoms. The zero-order chi connectivity index (χ0) is 40.1. The smallest absolute Gasteiger partial charge is 0.462 e. The molecular formula is C41H79O11P. The van der Waals surface area contributed by atoms with E-state index in [-0.39, 0.29) is 12.8 Å². The average Bonchev–Trinajstić information content (AvgIpc) is 3.15. The van der Waals surface area contributed by atoms with Crippen LogP contribution < -0.4 is 0 Å². The molecule has 0 aliphatic rings. The SMILES string of the molecule is [2H]C(OC(=O)CCCCCCCCCCCCCCCCC)[C@H](COP(=O)(O)O[C@H](CO)[C@H](O)CO)OC(=O)CCCC/C=C\CCCCCCCCC. The minimum Gasteiger partial charge on any atom is -0.462 e. The van der Waals surface area contributed by atoms with Crippen molar-refractivity contribution in [3.05, 3.63) is 12.2 Å². The van der Waals surface area contributed by atoms with Gasteiger partial charge in [-0.25, -0.2) is 4.57 Å². The second-order valence-electron chi connectivity index (χ2n) is 14.3. The normalized spacial score (nSPS) is 15.5. The number of unbranched alkanes of at least 4 members (excludes halogenated alkanes) is 23. The van der Waals surface area contributed by atoms with Crippen LogP contribution in [0.2, 0.25) is 0 Å². The fraction of sp³-hybridized carbons (Fsp3) is 0.902. The first-order valence-electron chi connectivity index (χ1n) is 21.7. The Morgan fingerprint density at radius 1 is 0.642 bits per heavy atom. The van der Waals surface area contributed by atoms with Crippen molar-refractivity contribution in [2.24, 2.45) is 0 Å². The second-order valence-corrected chi connectivity index (χ2v) is 15.7. The first-order chi connectivity index (χ1) is 26.1. The van der Waals surface area contributed by atoms with Gasteiger partial charge in [0.1, 0.15) is 18.8 Å². The molecule has 0 aromatic carbocycles. The molecule has 0 amide bonds. The number of phosphoric acid groups is 1. The Morgan fingerprint density at radius 3 is 1.53 bits per heavy atom. The lowest BCUT2D eigenvalue weighted by atomic mass is 10.0. The van der Waals surface area contributed by atoms with Gasteiger partial charge in [-0.2, -0.15) is 0 Å². The molecule has 0 aliphatic carbocycles. The first-order valence-corrected chi connectivity index (χ1v) is 22.6. The van der Waals surface area contributed by atoms with E-state index in [4.69, 9.17) is 25.0 Å². The van der Waals surface area contributed by atoms with Gasteiger partial charge in [-0.15, -0.1) is 0 Å². The third-order valence-electron chi connectivity index (χ3n) is 9.23. The van der Waals surface area contributed by atoms with Crippen LogP contribution in [0, 0.1) is 0 Å².